The highest BCUT2D eigenvalue weighted by Gasteiger charge is 2.27. The van der Waals surface area contributed by atoms with E-state index in [1.165, 1.54) is 0 Å². The second-order valence-corrected chi connectivity index (χ2v) is 8.14. The van der Waals surface area contributed by atoms with Crippen LogP contribution in [0, 0.1) is 0 Å². The largest absolute Gasteiger partial charge is 0.359 e. The summed E-state index contributed by atoms with van der Waals surface area (Å²) in [5.41, 5.74) is 7.04. The molecule has 1 N–H and O–H groups in total. The van der Waals surface area contributed by atoms with Crippen molar-refractivity contribution < 1.29 is 4.79 Å². The number of fused-ring (bicyclic) bond motifs is 2. The van der Waals surface area contributed by atoms with Crippen molar-refractivity contribution in [1.29, 1.82) is 0 Å². The molecule has 0 spiro atoms. The van der Waals surface area contributed by atoms with Gasteiger partial charge in [-0.2, -0.15) is 0 Å². The Labute approximate surface area is 190 Å². The van der Waals surface area contributed by atoms with Crippen molar-refractivity contribution in [2.24, 2.45) is 4.99 Å². The topological polar surface area (TPSA) is 44.7 Å². The summed E-state index contributed by atoms with van der Waals surface area (Å²) in [4.78, 5) is 18.3. The summed E-state index contributed by atoms with van der Waals surface area (Å²) in [6.45, 7) is 0. The molecule has 1 aliphatic carbocycles. The fraction of sp³-hybridized carbons (Fsp3) is 0.0400. The van der Waals surface area contributed by atoms with Gasteiger partial charge in [0, 0.05) is 39.1 Å². The van der Waals surface area contributed by atoms with E-state index in [-0.39, 0.29) is 0 Å². The maximum Gasteiger partial charge on any atom is 0.150 e. The Morgan fingerprint density at radius 1 is 0.935 bits per heavy atom. The molecule has 0 aromatic heterocycles. The lowest BCUT2D eigenvalue weighted by atomic mass is 10.00. The van der Waals surface area contributed by atoms with E-state index in [2.05, 4.69) is 16.3 Å². The van der Waals surface area contributed by atoms with E-state index in [0.29, 0.717) is 15.6 Å². The Balaban J connectivity index is 1.57. The van der Waals surface area contributed by atoms with Gasteiger partial charge < -0.3 is 10.2 Å². The predicted octanol–water partition coefficient (Wildman–Crippen LogP) is 7.31. The average Bonchev–Trinajstić information content (AvgIpc) is 2.79. The highest BCUT2D eigenvalue weighted by molar-refractivity contribution is 6.31. The smallest absolute Gasteiger partial charge is 0.150 e. The number of carbonyl (C=O) groups is 1. The van der Waals surface area contributed by atoms with Crippen LogP contribution in [0.4, 0.5) is 22.7 Å². The number of rotatable bonds is 4. The molecule has 0 unspecified atom stereocenters. The summed E-state index contributed by atoms with van der Waals surface area (Å²) in [7, 11) is 0. The second kappa shape index (κ2) is 8.06. The van der Waals surface area contributed by atoms with Gasteiger partial charge in [0.1, 0.15) is 6.29 Å². The van der Waals surface area contributed by atoms with E-state index in [9.17, 15) is 4.79 Å². The number of nitrogens with one attached hydrogen (secondary N) is 1. The van der Waals surface area contributed by atoms with E-state index in [4.69, 9.17) is 28.2 Å². The average molecular weight is 446 g/mol. The van der Waals surface area contributed by atoms with Crippen molar-refractivity contribution >= 4 is 57.9 Å². The van der Waals surface area contributed by atoms with Crippen LogP contribution in [0.15, 0.2) is 95.3 Å². The summed E-state index contributed by atoms with van der Waals surface area (Å²) < 4.78 is 0. The van der Waals surface area contributed by atoms with Crippen molar-refractivity contribution in [3.05, 3.63) is 106 Å². The van der Waals surface area contributed by atoms with Crippen LogP contribution in [0.1, 0.15) is 16.8 Å². The molecule has 31 heavy (non-hydrogen) atoms. The first-order valence-corrected chi connectivity index (χ1v) is 10.5. The zero-order valence-corrected chi connectivity index (χ0v) is 17.9. The summed E-state index contributed by atoms with van der Waals surface area (Å²) >= 11 is 12.1. The lowest BCUT2D eigenvalue weighted by molar-refractivity contribution is 0.112. The summed E-state index contributed by atoms with van der Waals surface area (Å²) in [5.74, 6) is 0. The van der Waals surface area contributed by atoms with Crippen LogP contribution in [0.5, 0.6) is 0 Å². The second-order valence-electron chi connectivity index (χ2n) is 7.27. The Morgan fingerprint density at radius 3 is 2.35 bits per heavy atom. The third-order valence-electron chi connectivity index (χ3n) is 5.18. The van der Waals surface area contributed by atoms with Crippen LogP contribution < -0.4 is 10.2 Å². The molecule has 2 aliphatic rings. The lowest BCUT2D eigenvalue weighted by Gasteiger charge is -2.34. The Hall–Kier alpha value is -3.34. The number of anilines is 3. The van der Waals surface area contributed by atoms with Crippen molar-refractivity contribution in [1.82, 2.24) is 0 Å². The first-order chi connectivity index (χ1) is 15.1. The Morgan fingerprint density at radius 2 is 1.65 bits per heavy atom. The molecule has 152 valence electrons. The van der Waals surface area contributed by atoms with E-state index < -0.39 is 0 Å². The maximum absolute atomic E-state index is 11.3. The van der Waals surface area contributed by atoms with Crippen LogP contribution in [0.25, 0.3) is 0 Å². The Bertz CT molecular complexity index is 1260. The molecule has 3 aromatic carbocycles. The first kappa shape index (κ1) is 19.6. The summed E-state index contributed by atoms with van der Waals surface area (Å²) in [6, 6.07) is 20.8. The molecule has 3 aromatic rings. The van der Waals surface area contributed by atoms with Crippen molar-refractivity contribution in [3.8, 4) is 0 Å². The molecule has 5 rings (SSSR count). The van der Waals surface area contributed by atoms with Crippen LogP contribution in [0.2, 0.25) is 10.0 Å². The molecule has 4 nitrogen and oxygen atoms in total. The van der Waals surface area contributed by atoms with Gasteiger partial charge in [0.15, 0.2) is 0 Å². The van der Waals surface area contributed by atoms with Gasteiger partial charge in [-0.3, -0.25) is 4.79 Å². The normalized spacial score (nSPS) is 14.6. The highest BCUT2D eigenvalue weighted by Crippen LogP contribution is 2.43. The lowest BCUT2D eigenvalue weighted by Crippen LogP contribution is -2.27. The maximum atomic E-state index is 11.3. The van der Waals surface area contributed by atoms with Gasteiger partial charge in [0.25, 0.3) is 0 Å². The van der Waals surface area contributed by atoms with Crippen molar-refractivity contribution in [2.45, 2.75) is 6.42 Å². The van der Waals surface area contributed by atoms with Crippen molar-refractivity contribution in [2.75, 3.05) is 10.2 Å². The molecular formula is C25H17Cl2N3O. The van der Waals surface area contributed by atoms with Gasteiger partial charge in [0.05, 0.1) is 22.8 Å². The molecule has 0 saturated carbocycles. The SMILES string of the molecule is O=Cc1ccc2c(c1)N=C1C=C(Nc3ccc(Cl)cc3)CC=C1N2c1ccc(Cl)cc1. The number of aldehydes is 1. The number of nitrogens with zero attached hydrogens (tertiary/aromatic N) is 2. The van der Waals surface area contributed by atoms with Crippen LogP contribution in [0.3, 0.4) is 0 Å². The number of aliphatic imine (C=N–C) groups is 1. The number of hydrogen-bond acceptors (Lipinski definition) is 4. The molecule has 6 heteroatoms. The monoisotopic (exact) mass is 445 g/mol. The van der Waals surface area contributed by atoms with Gasteiger partial charge in [-0.1, -0.05) is 29.3 Å². The van der Waals surface area contributed by atoms with Crippen LogP contribution >= 0.6 is 23.2 Å². The zero-order chi connectivity index (χ0) is 21.4. The fourth-order valence-electron chi connectivity index (χ4n) is 3.73. The Kier molecular flexibility index (Phi) is 5.10. The van der Waals surface area contributed by atoms with Crippen LogP contribution in [-0.2, 0) is 0 Å². The highest BCUT2D eigenvalue weighted by atomic mass is 35.5. The minimum atomic E-state index is 0.589. The fourth-order valence-corrected chi connectivity index (χ4v) is 3.98. The molecule has 0 amide bonds. The molecule has 0 radical (unpaired) electrons. The third kappa shape index (κ3) is 3.88. The molecular weight excluding hydrogens is 429 g/mol. The van der Waals surface area contributed by atoms with E-state index in [1.54, 1.807) is 0 Å². The molecule has 0 fully saturated rings. The summed E-state index contributed by atoms with van der Waals surface area (Å²) in [5, 5.41) is 4.81. The van der Waals surface area contributed by atoms with Crippen molar-refractivity contribution in [3.63, 3.8) is 0 Å². The van der Waals surface area contributed by atoms with Gasteiger partial charge in [0.2, 0.25) is 0 Å². The molecule has 1 aliphatic heterocycles. The number of allylic oxidation sites excluding steroid dienone is 2. The van der Waals surface area contributed by atoms with E-state index in [0.717, 1.165) is 52.6 Å². The molecule has 0 saturated heterocycles. The van der Waals surface area contributed by atoms with Gasteiger partial charge in [-0.15, -0.1) is 0 Å². The van der Waals surface area contributed by atoms with E-state index in [1.807, 2.05) is 72.8 Å². The standard InChI is InChI=1S/C25H17Cl2N3O/c26-17-2-6-19(7-3-17)28-20-8-12-25-23(14-20)29-22-13-16(15-31)1-11-24(22)30(25)21-9-4-18(27)5-10-21/h1-7,9-15,28H,8H2. The van der Waals surface area contributed by atoms with Gasteiger partial charge in [-0.05, 0) is 72.8 Å². The number of hydrogen-bond donors (Lipinski definition) is 1. The van der Waals surface area contributed by atoms with Crippen LogP contribution in [-0.4, -0.2) is 12.0 Å². The minimum absolute atomic E-state index is 0.589. The molecule has 0 atom stereocenters. The molecule has 1 heterocycles. The minimum Gasteiger partial charge on any atom is -0.359 e. The third-order valence-corrected chi connectivity index (χ3v) is 5.68. The first-order valence-electron chi connectivity index (χ1n) is 9.78. The van der Waals surface area contributed by atoms with E-state index >= 15 is 0 Å². The summed E-state index contributed by atoms with van der Waals surface area (Å²) in [6.07, 6.45) is 5.76. The molecule has 0 bridgehead atoms. The zero-order valence-electron chi connectivity index (χ0n) is 16.3. The number of halogens is 2. The predicted molar refractivity (Wildman–Crippen MR) is 128 cm³/mol. The number of carbonyl (C=O) groups excluding carboxylic acids is 1. The number of benzene rings is 3. The van der Waals surface area contributed by atoms with Gasteiger partial charge in [-0.25, -0.2) is 4.99 Å². The quantitative estimate of drug-likeness (QED) is 0.427. The van der Waals surface area contributed by atoms with Gasteiger partial charge >= 0.3 is 0 Å².